The summed E-state index contributed by atoms with van der Waals surface area (Å²) in [6, 6.07) is 6.42. The number of benzene rings is 1. The first-order valence-corrected chi connectivity index (χ1v) is 4.07. The van der Waals surface area contributed by atoms with Crippen molar-refractivity contribution in [3.05, 3.63) is 24.3 Å². The predicted octanol–water partition coefficient (Wildman–Crippen LogP) is -0.115. The van der Waals surface area contributed by atoms with Crippen LogP contribution in [0.15, 0.2) is 24.3 Å². The van der Waals surface area contributed by atoms with Crippen molar-refractivity contribution >= 4 is 23.8 Å². The Morgan fingerprint density at radius 3 is 2.07 bits per heavy atom. The van der Waals surface area contributed by atoms with Crippen LogP contribution in [0.1, 0.15) is 0 Å². The van der Waals surface area contributed by atoms with Gasteiger partial charge in [-0.25, -0.2) is 4.79 Å². The molecule has 0 aromatic heterocycles. The summed E-state index contributed by atoms with van der Waals surface area (Å²) in [7, 11) is 1.61. The maximum Gasteiger partial charge on any atom is 0.318 e. The van der Waals surface area contributed by atoms with E-state index in [2.05, 4.69) is 5.73 Å². The number of carbonyl (C=O) groups excluding carboxylic acids is 2. The van der Waals surface area contributed by atoms with Gasteiger partial charge < -0.3 is 17.2 Å². The predicted molar refractivity (Wildman–Crippen MR) is 59.1 cm³/mol. The van der Waals surface area contributed by atoms with E-state index in [9.17, 15) is 4.79 Å². The third-order valence-electron chi connectivity index (χ3n) is 1.61. The minimum Gasteiger partial charge on any atom is -0.399 e. The standard InChI is InChI=1S/C8H11N3O.CH3NO/c1-11(8(10)12)7-4-2-6(9)3-5-7;2-1-3/h2-5H,9H2,1H3,(H2,10,12);1H,(H2,2,3). The van der Waals surface area contributed by atoms with Gasteiger partial charge in [0.1, 0.15) is 0 Å². The fourth-order valence-electron chi connectivity index (χ4n) is 0.825. The maximum atomic E-state index is 10.7. The molecule has 82 valence electrons. The molecule has 0 bridgehead atoms. The number of anilines is 2. The molecule has 0 saturated carbocycles. The first-order chi connectivity index (χ1) is 7.02. The van der Waals surface area contributed by atoms with Gasteiger partial charge in [0.15, 0.2) is 0 Å². The molecule has 0 spiro atoms. The molecular formula is C9H14N4O2. The lowest BCUT2D eigenvalue weighted by Crippen LogP contribution is -2.31. The van der Waals surface area contributed by atoms with Crippen LogP contribution in [0, 0.1) is 0 Å². The zero-order valence-electron chi connectivity index (χ0n) is 8.38. The van der Waals surface area contributed by atoms with E-state index in [1.54, 1.807) is 31.3 Å². The molecule has 0 heterocycles. The fourth-order valence-corrected chi connectivity index (χ4v) is 0.825. The highest BCUT2D eigenvalue weighted by molar-refractivity contribution is 5.90. The van der Waals surface area contributed by atoms with Gasteiger partial charge in [-0.1, -0.05) is 0 Å². The van der Waals surface area contributed by atoms with E-state index < -0.39 is 6.03 Å². The molecule has 0 aliphatic rings. The number of rotatable bonds is 1. The van der Waals surface area contributed by atoms with E-state index in [1.807, 2.05) is 0 Å². The summed E-state index contributed by atoms with van der Waals surface area (Å²) in [4.78, 5) is 20.6. The van der Waals surface area contributed by atoms with E-state index in [4.69, 9.17) is 16.3 Å². The van der Waals surface area contributed by atoms with Crippen molar-refractivity contribution < 1.29 is 9.59 Å². The smallest absolute Gasteiger partial charge is 0.318 e. The molecule has 6 heteroatoms. The minimum atomic E-state index is -0.486. The van der Waals surface area contributed by atoms with Crippen LogP contribution in [0.3, 0.4) is 0 Å². The first-order valence-electron chi connectivity index (χ1n) is 4.07. The van der Waals surface area contributed by atoms with Crippen molar-refractivity contribution in [2.45, 2.75) is 0 Å². The van der Waals surface area contributed by atoms with Gasteiger partial charge >= 0.3 is 6.03 Å². The number of urea groups is 1. The van der Waals surface area contributed by atoms with Gasteiger partial charge in [0.05, 0.1) is 0 Å². The van der Waals surface area contributed by atoms with Crippen molar-refractivity contribution in [3.63, 3.8) is 0 Å². The van der Waals surface area contributed by atoms with E-state index in [1.165, 1.54) is 4.90 Å². The van der Waals surface area contributed by atoms with E-state index >= 15 is 0 Å². The molecule has 0 unspecified atom stereocenters. The molecule has 0 aliphatic carbocycles. The number of hydrogen-bond donors (Lipinski definition) is 3. The third kappa shape index (κ3) is 4.51. The minimum absolute atomic E-state index is 0.250. The lowest BCUT2D eigenvalue weighted by Gasteiger charge is -2.13. The Kier molecular flexibility index (Phi) is 5.32. The van der Waals surface area contributed by atoms with Gasteiger partial charge in [-0.3, -0.25) is 9.69 Å². The van der Waals surface area contributed by atoms with Crippen LogP contribution < -0.4 is 22.1 Å². The molecule has 0 radical (unpaired) electrons. The average Bonchev–Trinajstić information content (AvgIpc) is 2.19. The zero-order chi connectivity index (χ0) is 11.8. The highest BCUT2D eigenvalue weighted by Crippen LogP contribution is 2.13. The van der Waals surface area contributed by atoms with Gasteiger partial charge in [-0.15, -0.1) is 0 Å². The summed E-state index contributed by atoms with van der Waals surface area (Å²) < 4.78 is 0. The van der Waals surface area contributed by atoms with Crippen LogP contribution in [-0.4, -0.2) is 19.5 Å². The van der Waals surface area contributed by atoms with Crippen molar-refractivity contribution in [1.29, 1.82) is 0 Å². The lowest BCUT2D eigenvalue weighted by molar-refractivity contribution is -0.106. The average molecular weight is 210 g/mol. The van der Waals surface area contributed by atoms with Crippen molar-refractivity contribution in [2.24, 2.45) is 11.5 Å². The Hall–Kier alpha value is -2.24. The summed E-state index contributed by atoms with van der Waals surface area (Å²) >= 11 is 0. The third-order valence-corrected chi connectivity index (χ3v) is 1.61. The maximum absolute atomic E-state index is 10.7. The van der Waals surface area contributed by atoms with Gasteiger partial charge in [0.2, 0.25) is 6.41 Å². The number of carbonyl (C=O) groups is 2. The summed E-state index contributed by atoms with van der Waals surface area (Å²) in [5.74, 6) is 0. The molecule has 1 aromatic rings. The number of primary amides is 2. The van der Waals surface area contributed by atoms with Gasteiger partial charge in [0, 0.05) is 18.4 Å². The molecule has 15 heavy (non-hydrogen) atoms. The summed E-state index contributed by atoms with van der Waals surface area (Å²) in [5, 5.41) is 0. The number of hydrogen-bond acceptors (Lipinski definition) is 3. The van der Waals surface area contributed by atoms with E-state index in [0.29, 0.717) is 5.69 Å². The number of nitrogen functional groups attached to an aromatic ring is 1. The summed E-state index contributed by atoms with van der Waals surface area (Å²) in [6.07, 6.45) is 0.250. The normalized spacial score (nSPS) is 8.33. The number of nitrogens with two attached hydrogens (primary N) is 3. The SMILES string of the molecule is CN(C(N)=O)c1ccc(N)cc1.NC=O. The van der Waals surface area contributed by atoms with Crippen LogP contribution >= 0.6 is 0 Å². The second kappa shape index (κ2) is 6.25. The molecule has 1 aromatic carbocycles. The molecular weight excluding hydrogens is 196 g/mol. The Balaban J connectivity index is 0.000000583. The molecule has 0 saturated heterocycles. The summed E-state index contributed by atoms with van der Waals surface area (Å²) in [5.41, 5.74) is 16.1. The first kappa shape index (κ1) is 12.8. The Morgan fingerprint density at radius 2 is 1.73 bits per heavy atom. The van der Waals surface area contributed by atoms with Crippen LogP contribution in [0.4, 0.5) is 16.2 Å². The second-order valence-corrected chi connectivity index (χ2v) is 2.62. The number of nitrogens with zero attached hydrogens (tertiary/aromatic N) is 1. The molecule has 0 atom stereocenters. The van der Waals surface area contributed by atoms with E-state index in [0.717, 1.165) is 5.69 Å². The van der Waals surface area contributed by atoms with Crippen LogP contribution in [0.5, 0.6) is 0 Å². The lowest BCUT2D eigenvalue weighted by atomic mass is 10.3. The molecule has 6 N–H and O–H groups in total. The molecule has 6 nitrogen and oxygen atoms in total. The Morgan fingerprint density at radius 1 is 1.33 bits per heavy atom. The molecule has 0 fully saturated rings. The zero-order valence-corrected chi connectivity index (χ0v) is 8.38. The van der Waals surface area contributed by atoms with Crippen LogP contribution in [0.2, 0.25) is 0 Å². The Bertz CT molecular complexity index is 323. The highest BCUT2D eigenvalue weighted by atomic mass is 16.2. The summed E-state index contributed by atoms with van der Waals surface area (Å²) in [6.45, 7) is 0. The second-order valence-electron chi connectivity index (χ2n) is 2.62. The van der Waals surface area contributed by atoms with Gasteiger partial charge in [-0.2, -0.15) is 0 Å². The fraction of sp³-hybridized carbons (Fsp3) is 0.111. The molecule has 1 rings (SSSR count). The van der Waals surface area contributed by atoms with Gasteiger partial charge in [-0.05, 0) is 24.3 Å². The van der Waals surface area contributed by atoms with Crippen LogP contribution in [0.25, 0.3) is 0 Å². The van der Waals surface area contributed by atoms with Crippen molar-refractivity contribution in [2.75, 3.05) is 17.7 Å². The quantitative estimate of drug-likeness (QED) is 0.443. The molecule has 0 aliphatic heterocycles. The molecule has 3 amide bonds. The van der Waals surface area contributed by atoms with E-state index in [-0.39, 0.29) is 6.41 Å². The Labute approximate surface area is 87.6 Å². The monoisotopic (exact) mass is 210 g/mol. The number of amides is 3. The van der Waals surface area contributed by atoms with Crippen LogP contribution in [-0.2, 0) is 4.79 Å². The van der Waals surface area contributed by atoms with Crippen molar-refractivity contribution in [3.8, 4) is 0 Å². The van der Waals surface area contributed by atoms with Crippen molar-refractivity contribution in [1.82, 2.24) is 0 Å². The largest absolute Gasteiger partial charge is 0.399 e. The van der Waals surface area contributed by atoms with Gasteiger partial charge in [0.25, 0.3) is 0 Å². The topological polar surface area (TPSA) is 115 Å². The highest BCUT2D eigenvalue weighted by Gasteiger charge is 2.04.